The van der Waals surface area contributed by atoms with Crippen LogP contribution in [0.3, 0.4) is 0 Å². The Balaban J connectivity index is 0.00000344. The number of hydrogen-bond acceptors (Lipinski definition) is 21. The third-order valence-electron chi connectivity index (χ3n) is 10.6. The van der Waals surface area contributed by atoms with Gasteiger partial charge < -0.3 is 32.3 Å². The Morgan fingerprint density at radius 2 is 0.625 bits per heavy atom. The normalized spacial score (nSPS) is 12.1. The topological polar surface area (TPSA) is 450 Å². The van der Waals surface area contributed by atoms with E-state index in [0.717, 1.165) is 24.3 Å². The van der Waals surface area contributed by atoms with Crippen LogP contribution >= 0.6 is 0 Å². The van der Waals surface area contributed by atoms with Gasteiger partial charge in [-0.15, -0.1) is 20.5 Å². The van der Waals surface area contributed by atoms with Gasteiger partial charge in [-0.05, 0) is 108 Å². The van der Waals surface area contributed by atoms with Crippen LogP contribution in [0.2, 0.25) is 0 Å². The van der Waals surface area contributed by atoms with Crippen LogP contribution in [0.5, 0.6) is 11.5 Å². The van der Waals surface area contributed by atoms with Crippen LogP contribution in [0.25, 0.3) is 21.5 Å². The van der Waals surface area contributed by atoms with E-state index in [2.05, 4.69) is 51.5 Å². The molecule has 80 heavy (non-hydrogen) atoms. The number of carbonyl (C=O) groups is 1. The molecule has 0 saturated heterocycles. The van der Waals surface area contributed by atoms with Crippen LogP contribution in [0.4, 0.5) is 73.0 Å². The zero-order valence-corrected chi connectivity index (χ0v) is 53.2. The second-order valence-corrected chi connectivity index (χ2v) is 21.2. The average molecular weight is 1200 g/mol. The first-order chi connectivity index (χ1) is 35.8. The number of fused-ring (bicyclic) bond motifs is 2. The first kappa shape index (κ1) is 67.3. The number of hydrogen-bond donors (Lipinski definition) is 10. The molecule has 0 spiro atoms. The van der Waals surface area contributed by atoms with E-state index in [1.165, 1.54) is 72.8 Å². The molecule has 0 aliphatic heterocycles. The maximum Gasteiger partial charge on any atom is 0.323 e. The molecule has 0 aliphatic carbocycles. The van der Waals surface area contributed by atoms with Crippen molar-refractivity contribution in [3.8, 4) is 11.5 Å². The second-order valence-electron chi connectivity index (χ2n) is 15.7. The minimum atomic E-state index is -5.16. The number of aromatic hydroxyl groups is 2. The first-order valence-electron chi connectivity index (χ1n) is 21.0. The van der Waals surface area contributed by atoms with Gasteiger partial charge in [-0.2, -0.15) is 54.1 Å². The van der Waals surface area contributed by atoms with Crippen molar-refractivity contribution in [1.29, 1.82) is 0 Å². The Hall–Kier alpha value is -5.21. The number of nitrogen functional groups attached to an aromatic ring is 2. The van der Waals surface area contributed by atoms with E-state index in [-0.39, 0.29) is 174 Å². The van der Waals surface area contributed by atoms with Gasteiger partial charge in [0.25, 0.3) is 40.5 Å². The van der Waals surface area contributed by atoms with Crippen LogP contribution in [0.15, 0.2) is 194 Å². The van der Waals surface area contributed by atoms with Gasteiger partial charge >= 0.3 is 6.03 Å². The van der Waals surface area contributed by atoms with E-state index in [1.807, 2.05) is 0 Å². The standard InChI is InChI=1S/C45H34N12O15S4.4Na/c46-37-35-23(21-33(75(67,68)69)41(43(35)58)56-50-27-7-3-1-4-8-27)19-31(73(61,62)63)39(37)54-52-29-15-11-25(12-16-29)48-45(60)49-26-13-17-30(18-14-26)53-55-40-32(74(64,65)66)20-24-22-34(76(70,71)72)42(44(59)36(24)38(40)47)57-51-28-9-5-2-6-10-28;;;;/h1-22,58-59H,46-47H2,(H2,48,49,60)(H,61,62,63)(H,64,65,66)(H,67,68,69)(H,70,71,72);;;;. The van der Waals surface area contributed by atoms with Crippen molar-refractivity contribution in [3.05, 3.63) is 133 Å². The summed E-state index contributed by atoms with van der Waals surface area (Å²) in [7, 11) is -20.6. The molecule has 8 aromatic rings. The minimum absolute atomic E-state index is 0. The average Bonchev–Trinajstić information content (AvgIpc) is 3.35. The summed E-state index contributed by atoms with van der Waals surface area (Å²) in [5.74, 6) is -1.89. The fourth-order valence-electron chi connectivity index (χ4n) is 7.15. The molecule has 0 bridgehead atoms. The molecule has 8 aromatic carbocycles. The van der Waals surface area contributed by atoms with Gasteiger partial charge in [0.2, 0.25) is 0 Å². The zero-order chi connectivity index (χ0) is 54.9. The molecule has 12 N–H and O–H groups in total. The van der Waals surface area contributed by atoms with Gasteiger partial charge in [0.05, 0.1) is 44.9 Å². The number of benzene rings is 8. The Bertz CT molecular complexity index is 4020. The fraction of sp³-hybridized carbons (Fsp3) is 0. The fourth-order valence-corrected chi connectivity index (χ4v) is 9.80. The maximum atomic E-state index is 13.0. The first-order valence-corrected chi connectivity index (χ1v) is 26.7. The molecule has 0 saturated carbocycles. The van der Waals surface area contributed by atoms with Crippen LogP contribution in [0, 0.1) is 0 Å². The molecule has 27 nitrogen and oxygen atoms in total. The molecule has 0 heterocycles. The number of nitrogens with two attached hydrogens (primary N) is 2. The van der Waals surface area contributed by atoms with Crippen molar-refractivity contribution < 1.29 is 66.9 Å². The minimum Gasteiger partial charge on any atom is -0.505 e. The largest absolute Gasteiger partial charge is 0.505 e. The molecule has 0 aliphatic rings. The summed E-state index contributed by atoms with van der Waals surface area (Å²) in [4.78, 5) is 9.12. The van der Waals surface area contributed by atoms with Gasteiger partial charge in [0.1, 0.15) is 42.3 Å². The number of carbonyl (C=O) groups excluding carboxylic acids is 1. The van der Waals surface area contributed by atoms with E-state index >= 15 is 0 Å². The predicted octanol–water partition coefficient (Wildman–Crippen LogP) is 9.34. The molecule has 0 fully saturated rings. The Labute approximate surface area is 542 Å². The Morgan fingerprint density at radius 1 is 0.375 bits per heavy atom. The summed E-state index contributed by atoms with van der Waals surface area (Å²) in [5.41, 5.74) is 9.48. The molecule has 392 valence electrons. The molecule has 4 radical (unpaired) electrons. The van der Waals surface area contributed by atoms with Crippen molar-refractivity contribution in [2.24, 2.45) is 40.9 Å². The van der Waals surface area contributed by atoms with Crippen molar-refractivity contribution >= 4 is 255 Å². The third-order valence-corrected chi connectivity index (χ3v) is 14.0. The summed E-state index contributed by atoms with van der Waals surface area (Å²) in [6.07, 6.45) is 0. The van der Waals surface area contributed by atoms with Crippen molar-refractivity contribution in [2.75, 3.05) is 22.1 Å². The Morgan fingerprint density at radius 3 is 0.900 bits per heavy atom. The van der Waals surface area contributed by atoms with Crippen LogP contribution in [0.1, 0.15) is 0 Å². The number of nitrogens with one attached hydrogen (secondary N) is 2. The molecule has 8 rings (SSSR count). The summed E-state index contributed by atoms with van der Waals surface area (Å²) >= 11 is 0. The number of phenols is 2. The zero-order valence-electron chi connectivity index (χ0n) is 41.9. The molecule has 0 unspecified atom stereocenters. The SMILES string of the molecule is Nc1c(N=Nc2ccc(NC(=O)Nc3ccc(N=Nc4c(S(=O)(=O)O)cc5cc(S(=O)(=O)O)c(N=Nc6ccccc6)c(O)c5c4N)cc3)cc2)c(S(=O)(=O)O)cc2cc(S(=O)(=O)O)c(N=Nc3ccccc3)c(O)c12.[Na].[Na].[Na].[Na]. The number of rotatable bonds is 14. The van der Waals surface area contributed by atoms with E-state index in [4.69, 9.17) is 11.5 Å². The molecule has 0 aromatic heterocycles. The van der Waals surface area contributed by atoms with E-state index < -0.39 is 112 Å². The molecular weight excluding hydrogens is 1170 g/mol. The summed E-state index contributed by atoms with van der Waals surface area (Å²) < 4.78 is 140. The van der Waals surface area contributed by atoms with Gasteiger partial charge in [0, 0.05) is 130 Å². The van der Waals surface area contributed by atoms with Gasteiger partial charge in [0.15, 0.2) is 11.5 Å². The smallest absolute Gasteiger partial charge is 0.323 e. The van der Waals surface area contributed by atoms with Crippen LogP contribution in [-0.2, 0) is 40.5 Å². The summed E-state index contributed by atoms with van der Waals surface area (Å²) in [5, 5.41) is 57.3. The third kappa shape index (κ3) is 15.7. The number of anilines is 4. The quantitative estimate of drug-likeness (QED) is 0.0210. The monoisotopic (exact) mass is 1200 g/mol. The van der Waals surface area contributed by atoms with E-state index in [9.17, 15) is 66.9 Å². The number of azo groups is 4. The molecule has 35 heteroatoms. The van der Waals surface area contributed by atoms with Gasteiger partial charge in [-0.3, -0.25) is 18.2 Å². The van der Waals surface area contributed by atoms with E-state index in [0.29, 0.717) is 0 Å². The van der Waals surface area contributed by atoms with Gasteiger partial charge in [-0.25, -0.2) is 4.79 Å². The van der Waals surface area contributed by atoms with Crippen LogP contribution in [-0.4, -0.2) is 186 Å². The van der Waals surface area contributed by atoms with Crippen molar-refractivity contribution in [2.45, 2.75) is 19.6 Å². The molecule has 2 amide bonds. The summed E-state index contributed by atoms with van der Waals surface area (Å²) in [6, 6.07) is 28.9. The van der Waals surface area contributed by atoms with Crippen LogP contribution < -0.4 is 22.1 Å². The van der Waals surface area contributed by atoms with Crippen molar-refractivity contribution in [3.63, 3.8) is 0 Å². The van der Waals surface area contributed by atoms with E-state index in [1.54, 1.807) is 36.4 Å². The second kappa shape index (κ2) is 27.2. The number of amides is 2. The Kier molecular flexibility index (Phi) is 22.9. The maximum absolute atomic E-state index is 13.0. The number of urea groups is 1. The predicted molar refractivity (Wildman–Crippen MR) is 297 cm³/mol. The van der Waals surface area contributed by atoms with Crippen molar-refractivity contribution in [1.82, 2.24) is 0 Å². The van der Waals surface area contributed by atoms with Gasteiger partial charge in [-0.1, -0.05) is 36.4 Å². The molecular formula is C45H34N12Na4O15S4. The number of phenolic OH excluding ortho intramolecular Hbond substituents is 2. The summed E-state index contributed by atoms with van der Waals surface area (Å²) in [6.45, 7) is 0. The molecule has 0 atom stereocenters. The number of nitrogens with zero attached hydrogens (tertiary/aromatic N) is 8.